The first-order chi connectivity index (χ1) is 14.7. The van der Waals surface area contributed by atoms with Gasteiger partial charge in [-0.15, -0.1) is 24.0 Å². The van der Waals surface area contributed by atoms with Crippen molar-refractivity contribution in [2.75, 3.05) is 19.8 Å². The van der Waals surface area contributed by atoms with E-state index in [1.807, 2.05) is 25.1 Å². The number of benzene rings is 2. The van der Waals surface area contributed by atoms with Gasteiger partial charge in [0.05, 0.1) is 24.3 Å². The van der Waals surface area contributed by atoms with E-state index in [1.54, 1.807) is 6.07 Å². The van der Waals surface area contributed by atoms with Gasteiger partial charge in [0.1, 0.15) is 12.4 Å². The molecule has 0 aliphatic carbocycles. The third-order valence-corrected chi connectivity index (χ3v) is 4.94. The number of hydrogen-bond acceptors (Lipinski definition) is 4. The van der Waals surface area contributed by atoms with Crippen molar-refractivity contribution >= 4 is 29.9 Å². The van der Waals surface area contributed by atoms with Crippen LogP contribution in [0.25, 0.3) is 0 Å². The molecule has 0 bridgehead atoms. The zero-order valence-electron chi connectivity index (χ0n) is 18.2. The van der Waals surface area contributed by atoms with Gasteiger partial charge >= 0.3 is 0 Å². The normalized spacial score (nSPS) is 15.6. The van der Waals surface area contributed by atoms with Crippen LogP contribution in [-0.4, -0.2) is 31.8 Å². The summed E-state index contributed by atoms with van der Waals surface area (Å²) in [6.45, 7) is 7.38. The topological polar surface area (TPSA) is 78.7 Å². The molecular formula is C24H31IN4O2. The highest BCUT2D eigenvalue weighted by atomic mass is 127. The van der Waals surface area contributed by atoms with Crippen LogP contribution < -0.4 is 15.4 Å². The van der Waals surface area contributed by atoms with Gasteiger partial charge in [0.25, 0.3) is 0 Å². The quantitative estimate of drug-likeness (QED) is 0.300. The Balaban J connectivity index is 0.00000341. The van der Waals surface area contributed by atoms with E-state index < -0.39 is 0 Å². The molecule has 3 rings (SSSR count). The molecule has 2 aromatic carbocycles. The molecule has 0 amide bonds. The third kappa shape index (κ3) is 8.04. The van der Waals surface area contributed by atoms with E-state index >= 15 is 0 Å². The minimum absolute atomic E-state index is 0. The predicted molar refractivity (Wildman–Crippen MR) is 134 cm³/mol. The lowest BCUT2D eigenvalue weighted by Gasteiger charge is -2.17. The van der Waals surface area contributed by atoms with Gasteiger partial charge in [-0.25, -0.2) is 4.99 Å². The summed E-state index contributed by atoms with van der Waals surface area (Å²) in [4.78, 5) is 4.65. The number of rotatable bonds is 8. The first-order valence-electron chi connectivity index (χ1n) is 10.5. The summed E-state index contributed by atoms with van der Waals surface area (Å²) >= 11 is 0. The molecule has 1 atom stereocenters. The third-order valence-electron chi connectivity index (χ3n) is 4.94. The molecule has 0 aromatic heterocycles. The van der Waals surface area contributed by atoms with E-state index in [4.69, 9.17) is 14.7 Å². The number of hydrogen-bond donors (Lipinski definition) is 2. The molecular weight excluding hydrogens is 503 g/mol. The highest BCUT2D eigenvalue weighted by molar-refractivity contribution is 14.0. The van der Waals surface area contributed by atoms with Crippen molar-refractivity contribution < 1.29 is 9.47 Å². The van der Waals surface area contributed by atoms with Crippen LogP contribution in [0.2, 0.25) is 0 Å². The Bertz CT molecular complexity index is 905. The Labute approximate surface area is 202 Å². The van der Waals surface area contributed by atoms with Gasteiger partial charge < -0.3 is 20.1 Å². The van der Waals surface area contributed by atoms with Crippen molar-refractivity contribution in [2.45, 2.75) is 45.9 Å². The largest absolute Gasteiger partial charge is 0.491 e. The van der Waals surface area contributed by atoms with Gasteiger partial charge in [0, 0.05) is 25.3 Å². The summed E-state index contributed by atoms with van der Waals surface area (Å²) in [7, 11) is 0. The fraction of sp³-hybridized carbons (Fsp3) is 0.417. The smallest absolute Gasteiger partial charge is 0.191 e. The molecule has 7 heteroatoms. The van der Waals surface area contributed by atoms with E-state index in [1.165, 1.54) is 5.56 Å². The average Bonchev–Trinajstić information content (AvgIpc) is 3.29. The Morgan fingerprint density at radius 3 is 2.87 bits per heavy atom. The Kier molecular flexibility index (Phi) is 10.6. The summed E-state index contributed by atoms with van der Waals surface area (Å²) in [5.74, 6) is 1.61. The fourth-order valence-electron chi connectivity index (χ4n) is 3.33. The summed E-state index contributed by atoms with van der Waals surface area (Å²) < 4.78 is 11.8. The van der Waals surface area contributed by atoms with Gasteiger partial charge in [-0.05, 0) is 56.0 Å². The minimum Gasteiger partial charge on any atom is -0.491 e. The number of ether oxygens (including phenoxy) is 2. The van der Waals surface area contributed by atoms with E-state index in [-0.39, 0.29) is 30.1 Å². The molecule has 1 aliphatic rings. The number of aliphatic imine (C=N–C) groups is 1. The molecule has 31 heavy (non-hydrogen) atoms. The second kappa shape index (κ2) is 13.2. The van der Waals surface area contributed by atoms with Crippen molar-refractivity contribution in [2.24, 2.45) is 4.99 Å². The molecule has 6 nitrogen and oxygen atoms in total. The molecule has 0 spiro atoms. The van der Waals surface area contributed by atoms with E-state index in [2.05, 4.69) is 46.8 Å². The molecule has 1 unspecified atom stereocenters. The molecule has 166 valence electrons. The first kappa shape index (κ1) is 25.0. The van der Waals surface area contributed by atoms with Crippen LogP contribution in [0.5, 0.6) is 5.75 Å². The average molecular weight is 534 g/mol. The second-order valence-corrected chi connectivity index (χ2v) is 7.42. The molecule has 0 radical (unpaired) electrons. The maximum atomic E-state index is 9.06. The minimum atomic E-state index is 0. The van der Waals surface area contributed by atoms with Crippen LogP contribution in [0.15, 0.2) is 47.5 Å². The lowest BCUT2D eigenvalue weighted by molar-refractivity contribution is 0.0676. The number of nitrogens with one attached hydrogen (secondary N) is 2. The van der Waals surface area contributed by atoms with Crippen LogP contribution in [-0.2, 0) is 17.8 Å². The number of nitriles is 1. The lowest BCUT2D eigenvalue weighted by atomic mass is 10.1. The van der Waals surface area contributed by atoms with Gasteiger partial charge in [-0.3, -0.25) is 0 Å². The van der Waals surface area contributed by atoms with E-state index in [9.17, 15) is 0 Å². The second-order valence-electron chi connectivity index (χ2n) is 7.42. The van der Waals surface area contributed by atoms with E-state index in [0.717, 1.165) is 48.8 Å². The molecule has 1 heterocycles. The van der Waals surface area contributed by atoms with Crippen molar-refractivity contribution in [1.29, 1.82) is 5.26 Å². The number of guanidine groups is 1. The van der Waals surface area contributed by atoms with Gasteiger partial charge in [0.2, 0.25) is 0 Å². The predicted octanol–water partition coefficient (Wildman–Crippen LogP) is 4.30. The van der Waals surface area contributed by atoms with Crippen molar-refractivity contribution in [1.82, 2.24) is 10.6 Å². The van der Waals surface area contributed by atoms with E-state index in [0.29, 0.717) is 25.3 Å². The molecule has 1 fully saturated rings. The molecule has 2 N–H and O–H groups in total. The number of halogens is 1. The standard InChI is InChI=1S/C24H30N4O2.HI/c1-3-26-24(27-15-20-7-4-6-19(13-20)14-25)28-16-21-10-9-18(2)12-23(21)30-17-22-8-5-11-29-22;/h4,6-7,9-10,12-13,22H,3,5,8,11,15-17H2,1-2H3,(H2,26,27,28);1H. The van der Waals surface area contributed by atoms with Gasteiger partial charge in [-0.1, -0.05) is 24.3 Å². The van der Waals surface area contributed by atoms with Crippen LogP contribution in [0.1, 0.15) is 42.0 Å². The van der Waals surface area contributed by atoms with Gasteiger partial charge in [0.15, 0.2) is 5.96 Å². The molecule has 2 aromatic rings. The highest BCUT2D eigenvalue weighted by Crippen LogP contribution is 2.22. The monoisotopic (exact) mass is 534 g/mol. The summed E-state index contributed by atoms with van der Waals surface area (Å²) in [5, 5.41) is 15.7. The Morgan fingerprint density at radius 2 is 2.13 bits per heavy atom. The summed E-state index contributed by atoms with van der Waals surface area (Å²) in [6.07, 6.45) is 2.36. The van der Waals surface area contributed by atoms with Gasteiger partial charge in [-0.2, -0.15) is 5.26 Å². The number of nitrogens with zero attached hydrogens (tertiary/aromatic N) is 2. The van der Waals surface area contributed by atoms with Crippen LogP contribution >= 0.6 is 24.0 Å². The van der Waals surface area contributed by atoms with Crippen molar-refractivity contribution in [3.63, 3.8) is 0 Å². The summed E-state index contributed by atoms with van der Waals surface area (Å²) in [5.41, 5.74) is 3.89. The van der Waals surface area contributed by atoms with Crippen LogP contribution in [0, 0.1) is 18.3 Å². The molecule has 0 saturated carbocycles. The zero-order chi connectivity index (χ0) is 21.2. The lowest BCUT2D eigenvalue weighted by Crippen LogP contribution is -2.36. The maximum absolute atomic E-state index is 9.06. The molecule has 1 saturated heterocycles. The Hall–Kier alpha value is -2.31. The molecule has 1 aliphatic heterocycles. The van der Waals surface area contributed by atoms with Crippen LogP contribution in [0.4, 0.5) is 0 Å². The maximum Gasteiger partial charge on any atom is 0.191 e. The fourth-order valence-corrected chi connectivity index (χ4v) is 3.33. The van der Waals surface area contributed by atoms with Crippen molar-refractivity contribution in [3.8, 4) is 11.8 Å². The first-order valence-corrected chi connectivity index (χ1v) is 10.5. The SMILES string of the molecule is CCNC(=NCc1cccc(C#N)c1)NCc1ccc(C)cc1OCC1CCCO1.I. The highest BCUT2D eigenvalue weighted by Gasteiger charge is 2.17. The van der Waals surface area contributed by atoms with Crippen molar-refractivity contribution in [3.05, 3.63) is 64.7 Å². The summed E-state index contributed by atoms with van der Waals surface area (Å²) in [6, 6.07) is 15.9. The number of aryl methyl sites for hydroxylation is 1. The van der Waals surface area contributed by atoms with Crippen LogP contribution in [0.3, 0.4) is 0 Å². The zero-order valence-corrected chi connectivity index (χ0v) is 20.5. The Morgan fingerprint density at radius 1 is 1.26 bits per heavy atom.